The third-order valence-electron chi connectivity index (χ3n) is 28.5. The van der Waals surface area contributed by atoms with Crippen molar-refractivity contribution < 1.29 is 72.8 Å². The SMILES string of the molecule is CCC(CC(C)(CC(C)c1cc[c]([Sn]([CH3])([CH3])[CH3])cc1)C(=O)OC1(c2ccccc2)CCCCC1)c1ccc(O)cc1.CCC(CC(C)c1cc[c]([Sn]([CH3])([CH3])[CH3])cc1)c1ccc(O)cc1.CCC[CH2][Sn]([CH2]CCC)([CH2]CCC)[CH](C)CC.CCC[CH2][Sn]([CH2]CCC)([CH2]CCC)[CH](C)CC1C(=O)N(c2ccccc2)C(=O)C1C.CC[O][Sn]([CH2]C#N)[CH2]C#N.CC[O][Sn]([CH2]C(F)(F)F)[CH2]C(F)(F)F.O.O. The number of phenols is 2. The largest absolute Gasteiger partial charge is 0.412 e. The minimum absolute atomic E-state index is 0. The molecule has 8 rings (SSSR count). The second kappa shape index (κ2) is 68.2. The number of para-hydroxylation sites is 1. The fourth-order valence-electron chi connectivity index (χ4n) is 19.7. The normalized spacial score (nSPS) is 16.2. The van der Waals surface area contributed by atoms with Gasteiger partial charge >= 0.3 is 821 Å². The molecule has 1 aliphatic carbocycles. The summed E-state index contributed by atoms with van der Waals surface area (Å²) in [6.07, 6.45) is 19.6. The number of phenolic OH excluding ortho intramolecular Hbond substituents is 2. The Morgan fingerprint density at radius 3 is 1.20 bits per heavy atom. The number of alkyl halides is 6. The van der Waals surface area contributed by atoms with E-state index in [2.05, 4.69) is 215 Å². The number of hydrogen-bond donors (Lipinski definition) is 2. The summed E-state index contributed by atoms with van der Waals surface area (Å²) in [5, 5.41) is 36.0. The van der Waals surface area contributed by atoms with Crippen LogP contribution in [0.2, 0.25) is 81.9 Å². The second-order valence-corrected chi connectivity index (χ2v) is 112. The van der Waals surface area contributed by atoms with E-state index >= 15 is 0 Å². The summed E-state index contributed by atoms with van der Waals surface area (Å²) in [4.78, 5) is 57.1. The molecule has 2 radical (unpaired) electrons. The molecule has 0 aromatic heterocycles. The van der Waals surface area contributed by atoms with Gasteiger partial charge in [0.25, 0.3) is 0 Å². The summed E-state index contributed by atoms with van der Waals surface area (Å²) in [5.41, 5.74) is 5.86. The number of carbonyl (C=O) groups excluding carboxylic acids is 3. The number of nitriles is 2. The summed E-state index contributed by atoms with van der Waals surface area (Å²) >= 11 is -14.1. The first-order valence-electron chi connectivity index (χ1n) is 51.7. The third kappa shape index (κ3) is 47.0. The van der Waals surface area contributed by atoms with Gasteiger partial charge in [-0.3, -0.25) is 0 Å². The van der Waals surface area contributed by atoms with Crippen LogP contribution in [0.1, 0.15) is 323 Å². The van der Waals surface area contributed by atoms with Crippen LogP contribution in [0.5, 0.6) is 11.5 Å². The molecule has 9 atom stereocenters. The zero-order valence-electron chi connectivity index (χ0n) is 88.5. The van der Waals surface area contributed by atoms with E-state index in [9.17, 15) is 50.9 Å². The summed E-state index contributed by atoms with van der Waals surface area (Å²) in [7, 11) is 0. The number of halogens is 6. The molecule has 1 saturated heterocycles. The van der Waals surface area contributed by atoms with Crippen molar-refractivity contribution in [3.63, 3.8) is 0 Å². The molecule has 6 N–H and O–H groups in total. The van der Waals surface area contributed by atoms with Crippen LogP contribution in [0.4, 0.5) is 32.0 Å². The first-order valence-corrected chi connectivity index (χ1v) is 97.4. The average molecular weight is 2560 g/mol. The van der Waals surface area contributed by atoms with Gasteiger partial charge in [-0.15, -0.1) is 0 Å². The van der Waals surface area contributed by atoms with Gasteiger partial charge < -0.3 is 16.1 Å². The van der Waals surface area contributed by atoms with E-state index in [4.69, 9.17) is 18.3 Å². The third-order valence-corrected chi connectivity index (χ3v) is 88.9. The number of esters is 1. The van der Waals surface area contributed by atoms with Gasteiger partial charge in [0.05, 0.1) is 0 Å². The number of aromatic hydroxyl groups is 2. The quantitative estimate of drug-likeness (QED) is 0.0159. The molecule has 9 unspecified atom stereocenters. The zero-order chi connectivity index (χ0) is 101. The molecule has 6 aromatic carbocycles. The fourth-order valence-corrected chi connectivity index (χ4v) is 69.6. The van der Waals surface area contributed by atoms with Gasteiger partial charge in [0.15, 0.2) is 0 Å². The Morgan fingerprint density at radius 1 is 0.482 bits per heavy atom. The van der Waals surface area contributed by atoms with E-state index in [0.717, 1.165) is 78.5 Å². The molecular weight excluding hydrogens is 2370 g/mol. The van der Waals surface area contributed by atoms with Crippen LogP contribution in [0.3, 0.4) is 0 Å². The van der Waals surface area contributed by atoms with E-state index in [1.807, 2.05) is 74.5 Å². The molecule has 1 heterocycles. The molecule has 2 amide bonds. The maximum absolute atomic E-state index is 14.5. The van der Waals surface area contributed by atoms with E-state index in [-0.39, 0.29) is 64.8 Å². The maximum Gasteiger partial charge on any atom is -0.412 e. The molecule has 25 heteroatoms. The maximum atomic E-state index is 14.5. The first kappa shape index (κ1) is 132. The number of rotatable bonds is 49. The Morgan fingerprint density at radius 2 is 0.847 bits per heavy atom. The number of unbranched alkanes of at least 4 members (excludes halogenated alkanes) is 6. The summed E-state index contributed by atoms with van der Waals surface area (Å²) in [5.74, 6) is 1.73. The molecule has 13 nitrogen and oxygen atoms in total. The molecule has 770 valence electrons. The van der Waals surface area contributed by atoms with Gasteiger partial charge in [-0.05, 0) is 0 Å². The standard InChI is InChI=1S/C34H41O3.C18H21O.C14H16NO2.7C4H9.2C2H2F3.2C2H2N.2C2H5O.6CH3.2H2O.6Sn/c1-4-27(29-18-20-31(35)21-19-29)25-33(3,24-26(2)28-14-8-5-9-15-28)32(36)37-34(22-12-7-13-23-34)30-16-10-6-11-17-30;1-3-15(17-9-11-18(19)12-10-17)13-14(2)16-7-5-4-6-8-16;1-3-7-12-10(2)13(16)15(14(12)17)11-8-5-4-6-9-11;7*1-3-4-2;2*1-2(3,4)5;4*1-2-3;;;;;;;;;;;;;;/h6,8-11,14-21,26-27,35H,4,7,12-13,22-25H2,1-3H3;5-12,14-15,19H,3,13H2,1-2H3;3-6,8-10,12H,7H2,1-2H3;3H,4H2,1-2H3;6*1,3-4H2,2H3;2*1H2;2*1H2;2*2H2,1H3;6*1H3;2*1H2;;;;;;/q;;;;;;;;;;;;;;2*-1;;;;;;;;;;;;;2*+1. The number of carbonyl (C=O) groups is 3. The van der Waals surface area contributed by atoms with Crippen LogP contribution in [0.25, 0.3) is 0 Å². The number of amides is 2. The minimum Gasteiger partial charge on any atom is -0.412 e. The Bertz CT molecular complexity index is 4240. The van der Waals surface area contributed by atoms with Crippen molar-refractivity contribution in [1.29, 1.82) is 10.5 Å². The van der Waals surface area contributed by atoms with Crippen LogP contribution in [0.15, 0.2) is 158 Å². The van der Waals surface area contributed by atoms with Crippen molar-refractivity contribution in [3.8, 4) is 23.6 Å². The molecule has 6 aromatic rings. The van der Waals surface area contributed by atoms with E-state index < -0.39 is 146 Å². The van der Waals surface area contributed by atoms with Crippen molar-refractivity contribution in [2.24, 2.45) is 17.3 Å². The number of hydrogen-bond acceptors (Lipinski definition) is 10. The molecule has 1 aliphatic heterocycles. The Labute approximate surface area is 858 Å². The van der Waals surface area contributed by atoms with Gasteiger partial charge in [0.1, 0.15) is 5.75 Å². The Kier molecular flexibility index (Phi) is 65.6. The van der Waals surface area contributed by atoms with Gasteiger partial charge in [-0.2, -0.15) is 0 Å². The molecular formula is C112H181F6N3O10Sn6. The zero-order valence-corrected chi connectivity index (χ0v) is 106. The van der Waals surface area contributed by atoms with Crippen molar-refractivity contribution >= 4 is 144 Å². The summed E-state index contributed by atoms with van der Waals surface area (Å²) in [6.45, 7) is 38.5. The van der Waals surface area contributed by atoms with Crippen LogP contribution in [0, 0.1) is 39.9 Å². The van der Waals surface area contributed by atoms with Crippen molar-refractivity contribution in [2.45, 2.75) is 395 Å². The second-order valence-electron chi connectivity index (χ2n) is 41.2. The number of imide groups is 1. The number of benzene rings is 6. The Hall–Kier alpha value is -3.28. The number of nitrogens with zero attached hydrogens (tertiary/aromatic N) is 3. The van der Waals surface area contributed by atoms with Crippen LogP contribution in [-0.4, -0.2) is 178 Å². The van der Waals surface area contributed by atoms with Gasteiger partial charge in [0, 0.05) is 0 Å². The molecule has 0 spiro atoms. The predicted octanol–water partition coefficient (Wildman–Crippen LogP) is 31.7. The fraction of sp³-hybridized carbons (Fsp3) is 0.634. The number of ether oxygens (including phenoxy) is 1. The minimum atomic E-state index is -4.55. The van der Waals surface area contributed by atoms with Crippen molar-refractivity contribution in [1.82, 2.24) is 0 Å². The average Bonchev–Trinajstić information content (AvgIpc) is 1.61. The molecule has 137 heavy (non-hydrogen) atoms. The molecule has 2 aliphatic rings. The topological polar surface area (TPSA) is 233 Å². The number of anilines is 1. The monoisotopic (exact) mass is 2560 g/mol. The van der Waals surface area contributed by atoms with Crippen molar-refractivity contribution in [3.05, 3.63) is 186 Å². The van der Waals surface area contributed by atoms with E-state index in [1.54, 1.807) is 41.2 Å². The smallest absolute Gasteiger partial charge is 0.412 e. The molecule has 0 bridgehead atoms. The van der Waals surface area contributed by atoms with Gasteiger partial charge in [-0.1, -0.05) is 24.6 Å². The van der Waals surface area contributed by atoms with Crippen LogP contribution < -0.4 is 12.1 Å². The predicted molar refractivity (Wildman–Crippen MR) is 577 cm³/mol. The molecule has 1 saturated carbocycles. The van der Waals surface area contributed by atoms with E-state index in [1.165, 1.54) is 135 Å². The van der Waals surface area contributed by atoms with Gasteiger partial charge in [-0.25, -0.2) is 0 Å². The summed E-state index contributed by atoms with van der Waals surface area (Å²) < 4.78 is 100.0. The van der Waals surface area contributed by atoms with Gasteiger partial charge in [0.2, 0.25) is 0 Å². The van der Waals surface area contributed by atoms with Crippen molar-refractivity contribution in [2.75, 3.05) is 18.1 Å². The Balaban J connectivity index is 0.000000869. The molecule has 2 fully saturated rings. The van der Waals surface area contributed by atoms with Crippen LogP contribution in [-0.2, 0) is 30.9 Å². The van der Waals surface area contributed by atoms with Crippen LogP contribution >= 0.6 is 0 Å². The van der Waals surface area contributed by atoms with E-state index in [0.29, 0.717) is 43.4 Å². The first-order chi connectivity index (χ1) is 63.8. The summed E-state index contributed by atoms with van der Waals surface area (Å²) in [6, 6.07) is 57.9.